The molecular formula is C21H18N2O5S2. The zero-order valence-corrected chi connectivity index (χ0v) is 17.4. The second kappa shape index (κ2) is 7.75. The van der Waals surface area contributed by atoms with Crippen molar-refractivity contribution in [3.8, 4) is 11.5 Å². The van der Waals surface area contributed by atoms with Crippen LogP contribution in [0.4, 0.5) is 0 Å². The van der Waals surface area contributed by atoms with E-state index >= 15 is 0 Å². The van der Waals surface area contributed by atoms with E-state index in [0.717, 1.165) is 11.8 Å². The van der Waals surface area contributed by atoms with Gasteiger partial charge in [-0.1, -0.05) is 18.2 Å². The van der Waals surface area contributed by atoms with E-state index in [9.17, 15) is 8.42 Å². The van der Waals surface area contributed by atoms with Crippen molar-refractivity contribution in [2.75, 3.05) is 13.2 Å². The molecule has 0 aliphatic carbocycles. The first-order valence-electron chi connectivity index (χ1n) is 9.40. The van der Waals surface area contributed by atoms with Gasteiger partial charge in [0.25, 0.3) is 0 Å². The minimum atomic E-state index is -3.90. The number of ether oxygens (including phenoxy) is 2. The lowest BCUT2D eigenvalue weighted by Gasteiger charge is -2.16. The largest absolute Gasteiger partial charge is 0.490 e. The Morgan fingerprint density at radius 1 is 1.03 bits per heavy atom. The third-order valence-corrected chi connectivity index (χ3v) is 6.99. The fourth-order valence-electron chi connectivity index (χ4n) is 3.29. The maximum atomic E-state index is 13.2. The molecule has 154 valence electrons. The van der Waals surface area contributed by atoms with Gasteiger partial charge in [0.15, 0.2) is 11.5 Å². The van der Waals surface area contributed by atoms with Crippen LogP contribution in [0.15, 0.2) is 69.4 Å². The number of nitrogens with zero attached hydrogens (tertiary/aromatic N) is 1. The standard InChI is InChI=1S/C21H18N2O5S2/c24-30(25,15-6-7-17-18(13-15)27-10-3-9-26-17)23-20(21-22-8-11-29-21)19-12-14-4-1-2-5-16(14)28-19/h1-2,4-8,11-13,20,23H,3,9-10H2/t20-/m0/s1. The average molecular weight is 443 g/mol. The van der Waals surface area contributed by atoms with Crippen LogP contribution < -0.4 is 14.2 Å². The van der Waals surface area contributed by atoms with Crippen molar-refractivity contribution in [3.63, 3.8) is 0 Å². The van der Waals surface area contributed by atoms with Gasteiger partial charge in [-0.25, -0.2) is 13.4 Å². The van der Waals surface area contributed by atoms with Crippen LogP contribution in [0.2, 0.25) is 0 Å². The third-order valence-electron chi connectivity index (χ3n) is 4.73. The van der Waals surface area contributed by atoms with Crippen LogP contribution in [0.25, 0.3) is 11.0 Å². The average Bonchev–Trinajstić information content (AvgIpc) is 3.37. The lowest BCUT2D eigenvalue weighted by atomic mass is 10.2. The van der Waals surface area contributed by atoms with Gasteiger partial charge in [0, 0.05) is 29.5 Å². The second-order valence-electron chi connectivity index (χ2n) is 6.77. The van der Waals surface area contributed by atoms with Gasteiger partial charge in [-0.05, 0) is 24.3 Å². The highest BCUT2D eigenvalue weighted by Crippen LogP contribution is 2.34. The SMILES string of the molecule is O=S(=O)(N[C@@H](c1cc2ccccc2o1)c1nccs1)c1ccc2c(c1)OCCCO2. The number of benzene rings is 2. The van der Waals surface area contributed by atoms with Crippen LogP contribution >= 0.6 is 11.3 Å². The summed E-state index contributed by atoms with van der Waals surface area (Å²) in [6.45, 7) is 1.01. The summed E-state index contributed by atoms with van der Waals surface area (Å²) in [6, 6.07) is 13.2. The summed E-state index contributed by atoms with van der Waals surface area (Å²) in [6.07, 6.45) is 2.38. The van der Waals surface area contributed by atoms with Crippen LogP contribution in [0.5, 0.6) is 11.5 Å². The molecule has 9 heteroatoms. The van der Waals surface area contributed by atoms with Crippen molar-refractivity contribution in [2.24, 2.45) is 0 Å². The monoisotopic (exact) mass is 442 g/mol. The first-order valence-corrected chi connectivity index (χ1v) is 11.8. The zero-order valence-electron chi connectivity index (χ0n) is 15.8. The summed E-state index contributed by atoms with van der Waals surface area (Å²) < 4.78 is 46.4. The molecular weight excluding hydrogens is 424 g/mol. The number of sulfonamides is 1. The molecule has 7 nitrogen and oxygen atoms in total. The van der Waals surface area contributed by atoms with E-state index in [0.29, 0.717) is 41.1 Å². The molecule has 5 rings (SSSR count). The van der Waals surface area contributed by atoms with E-state index in [-0.39, 0.29) is 4.90 Å². The fourth-order valence-corrected chi connectivity index (χ4v) is 5.24. The molecule has 0 saturated heterocycles. The Bertz CT molecular complexity index is 1250. The van der Waals surface area contributed by atoms with Crippen LogP contribution in [0.1, 0.15) is 23.2 Å². The van der Waals surface area contributed by atoms with Crippen molar-refractivity contribution >= 4 is 32.3 Å². The Morgan fingerprint density at radius 2 is 1.87 bits per heavy atom. The van der Waals surface area contributed by atoms with Gasteiger partial charge >= 0.3 is 0 Å². The summed E-state index contributed by atoms with van der Waals surface area (Å²) in [5.74, 6) is 1.44. The maximum absolute atomic E-state index is 13.2. The zero-order chi connectivity index (χ0) is 20.6. The molecule has 2 aromatic heterocycles. The predicted molar refractivity (Wildman–Crippen MR) is 113 cm³/mol. The van der Waals surface area contributed by atoms with Gasteiger partial charge in [-0.2, -0.15) is 4.72 Å². The van der Waals surface area contributed by atoms with Crippen molar-refractivity contribution < 1.29 is 22.3 Å². The predicted octanol–water partition coefficient (Wildman–Crippen LogP) is 4.12. The number of aromatic nitrogens is 1. The molecule has 1 aliphatic rings. The summed E-state index contributed by atoms with van der Waals surface area (Å²) in [4.78, 5) is 4.40. The highest BCUT2D eigenvalue weighted by Gasteiger charge is 2.28. The summed E-state index contributed by atoms with van der Waals surface area (Å²) in [5.41, 5.74) is 0.684. The summed E-state index contributed by atoms with van der Waals surface area (Å²) in [7, 11) is -3.90. The number of hydrogen-bond acceptors (Lipinski definition) is 7. The third kappa shape index (κ3) is 3.67. The lowest BCUT2D eigenvalue weighted by molar-refractivity contribution is 0.297. The fraction of sp³-hybridized carbons (Fsp3) is 0.190. The van der Waals surface area contributed by atoms with E-state index in [2.05, 4.69) is 9.71 Å². The van der Waals surface area contributed by atoms with Gasteiger partial charge in [0.05, 0.1) is 18.1 Å². The molecule has 0 unspecified atom stereocenters. The van der Waals surface area contributed by atoms with Gasteiger partial charge in [-0.3, -0.25) is 0 Å². The molecule has 0 fully saturated rings. The molecule has 1 N–H and O–H groups in total. The Hall–Kier alpha value is -2.88. The minimum Gasteiger partial charge on any atom is -0.490 e. The van der Waals surface area contributed by atoms with Gasteiger partial charge in [-0.15, -0.1) is 11.3 Å². The van der Waals surface area contributed by atoms with Crippen molar-refractivity contribution in [1.82, 2.24) is 9.71 Å². The number of thiazole rings is 1. The number of fused-ring (bicyclic) bond motifs is 2. The van der Waals surface area contributed by atoms with Crippen molar-refractivity contribution in [1.29, 1.82) is 0 Å². The van der Waals surface area contributed by atoms with Gasteiger partial charge < -0.3 is 13.9 Å². The Kier molecular flexibility index (Phi) is 4.93. The molecule has 2 aromatic carbocycles. The van der Waals surface area contributed by atoms with Gasteiger partial charge in [0.1, 0.15) is 22.4 Å². The van der Waals surface area contributed by atoms with Crippen LogP contribution in [-0.2, 0) is 10.0 Å². The van der Waals surface area contributed by atoms with Gasteiger partial charge in [0.2, 0.25) is 10.0 Å². The Labute approximate surface area is 177 Å². The molecule has 1 atom stereocenters. The second-order valence-corrected chi connectivity index (χ2v) is 9.41. The normalized spacial score (nSPS) is 15.1. The van der Waals surface area contributed by atoms with Crippen LogP contribution in [0, 0.1) is 0 Å². The first kappa shape index (κ1) is 19.1. The summed E-state index contributed by atoms with van der Waals surface area (Å²) in [5, 5.41) is 3.28. The smallest absolute Gasteiger partial charge is 0.241 e. The lowest BCUT2D eigenvalue weighted by Crippen LogP contribution is -2.29. The summed E-state index contributed by atoms with van der Waals surface area (Å²) >= 11 is 1.35. The molecule has 0 spiro atoms. The van der Waals surface area contributed by atoms with Crippen molar-refractivity contribution in [2.45, 2.75) is 17.4 Å². The molecule has 4 aromatic rings. The quantitative estimate of drug-likeness (QED) is 0.500. The maximum Gasteiger partial charge on any atom is 0.241 e. The molecule has 0 radical (unpaired) electrons. The van der Waals surface area contributed by atoms with E-state index in [1.54, 1.807) is 17.6 Å². The topological polar surface area (TPSA) is 90.7 Å². The molecule has 0 saturated carbocycles. The van der Waals surface area contributed by atoms with E-state index < -0.39 is 16.1 Å². The van der Waals surface area contributed by atoms with Crippen LogP contribution in [0.3, 0.4) is 0 Å². The molecule has 3 heterocycles. The Balaban J connectivity index is 1.52. The first-order chi connectivity index (χ1) is 14.6. The molecule has 1 aliphatic heterocycles. The number of furan rings is 1. The minimum absolute atomic E-state index is 0.0874. The van der Waals surface area contributed by atoms with Crippen LogP contribution in [-0.4, -0.2) is 26.6 Å². The molecule has 0 bridgehead atoms. The number of hydrogen-bond donors (Lipinski definition) is 1. The molecule has 30 heavy (non-hydrogen) atoms. The van der Waals surface area contributed by atoms with E-state index in [4.69, 9.17) is 13.9 Å². The highest BCUT2D eigenvalue weighted by atomic mass is 32.2. The molecule has 0 amide bonds. The van der Waals surface area contributed by atoms with E-state index in [1.165, 1.54) is 23.5 Å². The number of para-hydroxylation sites is 1. The number of rotatable bonds is 5. The Morgan fingerprint density at radius 3 is 2.67 bits per heavy atom. The van der Waals surface area contributed by atoms with Crippen molar-refractivity contribution in [3.05, 3.63) is 70.9 Å². The highest BCUT2D eigenvalue weighted by molar-refractivity contribution is 7.89. The van der Waals surface area contributed by atoms with E-state index in [1.807, 2.05) is 30.3 Å². The number of nitrogens with one attached hydrogen (secondary N) is 1.